The van der Waals surface area contributed by atoms with Gasteiger partial charge in [0.25, 0.3) is 0 Å². The van der Waals surface area contributed by atoms with E-state index in [1.807, 2.05) is 18.2 Å². The third-order valence-electron chi connectivity index (χ3n) is 2.33. The lowest BCUT2D eigenvalue weighted by Crippen LogP contribution is -2.14. The van der Waals surface area contributed by atoms with Gasteiger partial charge in [0.1, 0.15) is 6.61 Å². The summed E-state index contributed by atoms with van der Waals surface area (Å²) in [7, 11) is 1.61. The number of rotatable bonds is 8. The lowest BCUT2D eigenvalue weighted by atomic mass is 10.2. The molecule has 1 rings (SSSR count). The highest BCUT2D eigenvalue weighted by atomic mass is 16.5. The van der Waals surface area contributed by atoms with Crippen LogP contribution < -0.4 is 14.8 Å². The Bertz CT molecular complexity index is 328. The van der Waals surface area contributed by atoms with Crippen LogP contribution in [-0.4, -0.2) is 32.0 Å². The predicted octanol–water partition coefficient (Wildman–Crippen LogP) is 1.57. The Kier molecular flexibility index (Phi) is 6.43. The maximum absolute atomic E-state index is 8.76. The molecule has 96 valence electrons. The summed E-state index contributed by atoms with van der Waals surface area (Å²) in [5.41, 5.74) is 1.15. The molecule has 4 heteroatoms. The molecule has 0 heterocycles. The van der Waals surface area contributed by atoms with E-state index in [1.54, 1.807) is 7.11 Å². The predicted molar refractivity (Wildman–Crippen MR) is 67.6 cm³/mol. The first kappa shape index (κ1) is 13.8. The molecule has 0 aliphatic carbocycles. The fourth-order valence-electron chi connectivity index (χ4n) is 1.51. The van der Waals surface area contributed by atoms with E-state index >= 15 is 0 Å². The Labute approximate surface area is 103 Å². The first-order valence-corrected chi connectivity index (χ1v) is 5.93. The van der Waals surface area contributed by atoms with Crippen molar-refractivity contribution in [1.82, 2.24) is 5.32 Å². The molecule has 17 heavy (non-hydrogen) atoms. The maximum Gasteiger partial charge on any atom is 0.161 e. The molecule has 0 bridgehead atoms. The van der Waals surface area contributed by atoms with E-state index in [4.69, 9.17) is 14.6 Å². The van der Waals surface area contributed by atoms with Crippen LogP contribution in [0.4, 0.5) is 0 Å². The number of aliphatic hydroxyl groups is 1. The summed E-state index contributed by atoms with van der Waals surface area (Å²) in [6, 6.07) is 5.83. The SMILES string of the molecule is CCCNCc1ccc(OC)c(OCCO)c1. The Morgan fingerprint density at radius 2 is 2.12 bits per heavy atom. The van der Waals surface area contributed by atoms with E-state index in [0.29, 0.717) is 11.5 Å². The largest absolute Gasteiger partial charge is 0.493 e. The molecular weight excluding hydrogens is 218 g/mol. The summed E-state index contributed by atoms with van der Waals surface area (Å²) in [6.07, 6.45) is 1.12. The van der Waals surface area contributed by atoms with Gasteiger partial charge >= 0.3 is 0 Å². The van der Waals surface area contributed by atoms with Gasteiger partial charge in [-0.3, -0.25) is 0 Å². The topological polar surface area (TPSA) is 50.7 Å². The summed E-state index contributed by atoms with van der Waals surface area (Å²) >= 11 is 0. The second-order valence-electron chi connectivity index (χ2n) is 3.73. The van der Waals surface area contributed by atoms with Gasteiger partial charge in [-0.25, -0.2) is 0 Å². The molecular formula is C13H21NO3. The molecule has 4 nitrogen and oxygen atoms in total. The number of benzene rings is 1. The second-order valence-corrected chi connectivity index (χ2v) is 3.73. The second kappa shape index (κ2) is 7.92. The van der Waals surface area contributed by atoms with Gasteiger partial charge in [-0.15, -0.1) is 0 Å². The molecule has 0 radical (unpaired) electrons. The van der Waals surface area contributed by atoms with Crippen LogP contribution in [0.25, 0.3) is 0 Å². The lowest BCUT2D eigenvalue weighted by Gasteiger charge is -2.12. The first-order valence-electron chi connectivity index (χ1n) is 5.93. The molecule has 0 aliphatic rings. The summed E-state index contributed by atoms with van der Waals surface area (Å²) in [5, 5.41) is 12.1. The molecule has 0 spiro atoms. The van der Waals surface area contributed by atoms with Crippen LogP contribution in [-0.2, 0) is 6.54 Å². The van der Waals surface area contributed by atoms with Crippen LogP contribution in [0.3, 0.4) is 0 Å². The van der Waals surface area contributed by atoms with Crippen molar-refractivity contribution < 1.29 is 14.6 Å². The van der Waals surface area contributed by atoms with Gasteiger partial charge in [0.05, 0.1) is 13.7 Å². The molecule has 0 atom stereocenters. The van der Waals surface area contributed by atoms with E-state index in [-0.39, 0.29) is 13.2 Å². The Morgan fingerprint density at radius 3 is 2.76 bits per heavy atom. The average molecular weight is 239 g/mol. The standard InChI is InChI=1S/C13H21NO3/c1-3-6-14-10-11-4-5-12(16-2)13(9-11)17-8-7-15/h4-5,9,14-15H,3,6-8,10H2,1-2H3. The number of nitrogens with one attached hydrogen (secondary N) is 1. The molecule has 0 fully saturated rings. The molecule has 0 aliphatic heterocycles. The number of aliphatic hydroxyl groups excluding tert-OH is 1. The highest BCUT2D eigenvalue weighted by Gasteiger charge is 2.05. The fourth-order valence-corrected chi connectivity index (χ4v) is 1.51. The van der Waals surface area contributed by atoms with Crippen molar-refractivity contribution in [3.05, 3.63) is 23.8 Å². The highest BCUT2D eigenvalue weighted by molar-refractivity contribution is 5.42. The van der Waals surface area contributed by atoms with Gasteiger partial charge in [0.2, 0.25) is 0 Å². The van der Waals surface area contributed by atoms with E-state index in [0.717, 1.165) is 25.1 Å². The van der Waals surface area contributed by atoms with Gasteiger partial charge in [-0.05, 0) is 30.7 Å². The van der Waals surface area contributed by atoms with Crippen molar-refractivity contribution in [2.75, 3.05) is 26.9 Å². The van der Waals surface area contributed by atoms with E-state index in [1.165, 1.54) is 0 Å². The monoisotopic (exact) mass is 239 g/mol. The molecule has 0 saturated carbocycles. The third kappa shape index (κ3) is 4.63. The van der Waals surface area contributed by atoms with Crippen molar-refractivity contribution in [3.63, 3.8) is 0 Å². The normalized spacial score (nSPS) is 10.3. The zero-order chi connectivity index (χ0) is 12.5. The highest BCUT2D eigenvalue weighted by Crippen LogP contribution is 2.27. The first-order chi connectivity index (χ1) is 8.31. The maximum atomic E-state index is 8.76. The number of methoxy groups -OCH3 is 1. The van der Waals surface area contributed by atoms with Crippen LogP contribution in [0.15, 0.2) is 18.2 Å². The van der Waals surface area contributed by atoms with Crippen molar-refractivity contribution in [2.24, 2.45) is 0 Å². The van der Waals surface area contributed by atoms with Crippen LogP contribution in [0, 0.1) is 0 Å². The van der Waals surface area contributed by atoms with Gasteiger partial charge in [-0.2, -0.15) is 0 Å². The Morgan fingerprint density at radius 1 is 1.29 bits per heavy atom. The molecule has 0 amide bonds. The number of hydrogen-bond acceptors (Lipinski definition) is 4. The summed E-state index contributed by atoms with van der Waals surface area (Å²) < 4.78 is 10.6. The van der Waals surface area contributed by atoms with Crippen LogP contribution in [0.5, 0.6) is 11.5 Å². The van der Waals surface area contributed by atoms with Crippen LogP contribution in [0.1, 0.15) is 18.9 Å². The fraction of sp³-hybridized carbons (Fsp3) is 0.538. The van der Waals surface area contributed by atoms with E-state index in [2.05, 4.69) is 12.2 Å². The van der Waals surface area contributed by atoms with Crippen molar-refractivity contribution in [1.29, 1.82) is 0 Å². The smallest absolute Gasteiger partial charge is 0.161 e. The number of ether oxygens (including phenoxy) is 2. The zero-order valence-electron chi connectivity index (χ0n) is 10.5. The minimum absolute atomic E-state index is 0.00145. The van der Waals surface area contributed by atoms with Gasteiger partial charge < -0.3 is 19.9 Å². The lowest BCUT2D eigenvalue weighted by molar-refractivity contribution is 0.196. The van der Waals surface area contributed by atoms with Crippen molar-refractivity contribution in [2.45, 2.75) is 19.9 Å². The summed E-state index contributed by atoms with van der Waals surface area (Å²) in [4.78, 5) is 0. The molecule has 0 aromatic heterocycles. The van der Waals surface area contributed by atoms with E-state index in [9.17, 15) is 0 Å². The van der Waals surface area contributed by atoms with Gasteiger partial charge in [0.15, 0.2) is 11.5 Å². The zero-order valence-corrected chi connectivity index (χ0v) is 10.5. The van der Waals surface area contributed by atoms with Crippen molar-refractivity contribution >= 4 is 0 Å². The Balaban J connectivity index is 2.66. The minimum Gasteiger partial charge on any atom is -0.493 e. The quantitative estimate of drug-likeness (QED) is 0.676. The summed E-state index contributed by atoms with van der Waals surface area (Å²) in [6.45, 7) is 4.23. The average Bonchev–Trinajstić information content (AvgIpc) is 2.37. The minimum atomic E-state index is 0.00145. The van der Waals surface area contributed by atoms with Crippen LogP contribution in [0.2, 0.25) is 0 Å². The van der Waals surface area contributed by atoms with Gasteiger partial charge in [0, 0.05) is 6.54 Å². The van der Waals surface area contributed by atoms with Crippen LogP contribution >= 0.6 is 0 Å². The third-order valence-corrected chi connectivity index (χ3v) is 2.33. The molecule has 0 saturated heterocycles. The summed E-state index contributed by atoms with van der Waals surface area (Å²) in [5.74, 6) is 1.37. The molecule has 1 aromatic carbocycles. The van der Waals surface area contributed by atoms with E-state index < -0.39 is 0 Å². The Hall–Kier alpha value is -1.26. The van der Waals surface area contributed by atoms with Gasteiger partial charge in [-0.1, -0.05) is 13.0 Å². The molecule has 2 N–H and O–H groups in total. The molecule has 0 unspecified atom stereocenters. The van der Waals surface area contributed by atoms with Crippen molar-refractivity contribution in [3.8, 4) is 11.5 Å². The number of hydrogen-bond donors (Lipinski definition) is 2. The molecule has 1 aromatic rings.